The zero-order valence-electron chi connectivity index (χ0n) is 13.4. The summed E-state index contributed by atoms with van der Waals surface area (Å²) in [6.45, 7) is 7.79. The lowest BCUT2D eigenvalue weighted by Crippen LogP contribution is -2.42. The van der Waals surface area contributed by atoms with Gasteiger partial charge in [-0.2, -0.15) is 8.78 Å². The van der Waals surface area contributed by atoms with Gasteiger partial charge in [0.25, 0.3) is 5.92 Å². The summed E-state index contributed by atoms with van der Waals surface area (Å²) in [5.41, 5.74) is 2.08. The number of nitrogens with zero attached hydrogens (tertiary/aromatic N) is 1. The Labute approximate surface area is 126 Å². The van der Waals surface area contributed by atoms with E-state index in [1.165, 1.54) is 0 Å². The van der Waals surface area contributed by atoms with Gasteiger partial charge in [-0.25, -0.2) is 0 Å². The first kappa shape index (κ1) is 16.4. The lowest BCUT2D eigenvalue weighted by molar-refractivity contribution is -0.0560. The van der Waals surface area contributed by atoms with Crippen molar-refractivity contribution in [3.63, 3.8) is 0 Å². The SMILES string of the molecule is CCC(C)(C)c1ccc2c(c1)CN(CCOC)CC2(F)F. The second-order valence-electron chi connectivity index (χ2n) is 6.52. The number of alkyl halides is 2. The van der Waals surface area contributed by atoms with Crippen LogP contribution in [0.15, 0.2) is 18.2 Å². The van der Waals surface area contributed by atoms with E-state index in [1.54, 1.807) is 18.1 Å². The van der Waals surface area contributed by atoms with Crippen molar-refractivity contribution < 1.29 is 13.5 Å². The van der Waals surface area contributed by atoms with Crippen molar-refractivity contribution in [1.29, 1.82) is 0 Å². The lowest BCUT2D eigenvalue weighted by atomic mass is 9.80. The van der Waals surface area contributed by atoms with E-state index in [2.05, 4.69) is 20.8 Å². The summed E-state index contributed by atoms with van der Waals surface area (Å²) in [4.78, 5) is 1.77. The van der Waals surface area contributed by atoms with Crippen LogP contribution in [-0.2, 0) is 22.6 Å². The van der Waals surface area contributed by atoms with Gasteiger partial charge in [0, 0.05) is 25.8 Å². The highest BCUT2D eigenvalue weighted by Crippen LogP contribution is 2.38. The van der Waals surface area contributed by atoms with Gasteiger partial charge in [-0.15, -0.1) is 0 Å². The van der Waals surface area contributed by atoms with Gasteiger partial charge in [0.15, 0.2) is 0 Å². The molecule has 0 unspecified atom stereocenters. The molecule has 21 heavy (non-hydrogen) atoms. The first-order chi connectivity index (χ1) is 9.80. The Bertz CT molecular complexity index is 500. The number of rotatable bonds is 5. The van der Waals surface area contributed by atoms with Crippen LogP contribution in [0, 0.1) is 0 Å². The van der Waals surface area contributed by atoms with E-state index in [9.17, 15) is 8.78 Å². The first-order valence-electron chi connectivity index (χ1n) is 7.53. The zero-order valence-corrected chi connectivity index (χ0v) is 13.4. The van der Waals surface area contributed by atoms with Crippen molar-refractivity contribution in [3.8, 4) is 0 Å². The smallest absolute Gasteiger partial charge is 0.285 e. The quantitative estimate of drug-likeness (QED) is 0.816. The van der Waals surface area contributed by atoms with Crippen molar-refractivity contribution >= 4 is 0 Å². The van der Waals surface area contributed by atoms with Crippen molar-refractivity contribution in [2.24, 2.45) is 0 Å². The molecule has 0 N–H and O–H groups in total. The summed E-state index contributed by atoms with van der Waals surface area (Å²) >= 11 is 0. The molecule has 0 saturated carbocycles. The summed E-state index contributed by atoms with van der Waals surface area (Å²) in [5, 5.41) is 0. The molecule has 0 saturated heterocycles. The molecule has 0 amide bonds. The van der Waals surface area contributed by atoms with Gasteiger partial charge in [0.05, 0.1) is 13.2 Å². The summed E-state index contributed by atoms with van der Waals surface area (Å²) in [5.74, 6) is -2.78. The highest BCUT2D eigenvalue weighted by Gasteiger charge is 2.40. The molecule has 0 spiro atoms. The van der Waals surface area contributed by atoms with Crippen LogP contribution in [0.1, 0.15) is 43.9 Å². The fraction of sp³-hybridized carbons (Fsp3) is 0.647. The second kappa shape index (κ2) is 6.01. The van der Waals surface area contributed by atoms with Crippen molar-refractivity contribution in [3.05, 3.63) is 34.9 Å². The molecule has 1 aromatic carbocycles. The third-order valence-electron chi connectivity index (χ3n) is 4.59. The van der Waals surface area contributed by atoms with Crippen molar-refractivity contribution in [2.45, 2.75) is 45.1 Å². The molecule has 0 aromatic heterocycles. The van der Waals surface area contributed by atoms with E-state index in [1.807, 2.05) is 12.1 Å². The fourth-order valence-corrected chi connectivity index (χ4v) is 2.75. The van der Waals surface area contributed by atoms with Gasteiger partial charge >= 0.3 is 0 Å². The van der Waals surface area contributed by atoms with E-state index in [0.717, 1.165) is 17.5 Å². The first-order valence-corrected chi connectivity index (χ1v) is 7.53. The maximum Gasteiger partial charge on any atom is 0.285 e. The number of benzene rings is 1. The third kappa shape index (κ3) is 3.43. The van der Waals surface area contributed by atoms with Gasteiger partial charge < -0.3 is 4.74 Å². The van der Waals surface area contributed by atoms with E-state index >= 15 is 0 Å². The minimum Gasteiger partial charge on any atom is -0.383 e. The molecule has 1 aliphatic heterocycles. The summed E-state index contributed by atoms with van der Waals surface area (Å²) in [7, 11) is 1.60. The molecule has 1 aliphatic rings. The molecule has 0 bridgehead atoms. The number of hydrogen-bond acceptors (Lipinski definition) is 2. The molecule has 0 radical (unpaired) electrons. The van der Waals surface area contributed by atoms with Crippen molar-refractivity contribution in [2.75, 3.05) is 26.8 Å². The Kier molecular flexibility index (Phi) is 4.69. The minimum absolute atomic E-state index is 0.0130. The fourth-order valence-electron chi connectivity index (χ4n) is 2.75. The van der Waals surface area contributed by atoms with Crippen LogP contribution in [0.2, 0.25) is 0 Å². The normalized spacial score (nSPS) is 18.6. The number of halogens is 2. The van der Waals surface area contributed by atoms with Crippen LogP contribution in [0.5, 0.6) is 0 Å². The molecule has 118 valence electrons. The molecule has 1 aromatic rings. The maximum atomic E-state index is 14.3. The Morgan fingerprint density at radius 3 is 2.67 bits per heavy atom. The van der Waals surface area contributed by atoms with E-state index in [4.69, 9.17) is 4.74 Å². The number of fused-ring (bicyclic) bond motifs is 1. The van der Waals surface area contributed by atoms with Crippen LogP contribution in [-0.4, -0.2) is 31.7 Å². The molecular weight excluding hydrogens is 272 g/mol. The van der Waals surface area contributed by atoms with E-state index in [0.29, 0.717) is 19.7 Å². The predicted octanol–water partition coefficient (Wildman–Crippen LogP) is 3.93. The minimum atomic E-state index is -2.78. The Morgan fingerprint density at radius 2 is 2.05 bits per heavy atom. The Morgan fingerprint density at radius 1 is 1.33 bits per heavy atom. The van der Waals surface area contributed by atoms with Crippen LogP contribution in [0.4, 0.5) is 8.78 Å². The van der Waals surface area contributed by atoms with E-state index < -0.39 is 5.92 Å². The van der Waals surface area contributed by atoms with Crippen LogP contribution in [0.3, 0.4) is 0 Å². The molecule has 2 nitrogen and oxygen atoms in total. The predicted molar refractivity (Wildman–Crippen MR) is 80.8 cm³/mol. The average molecular weight is 297 g/mol. The Balaban J connectivity index is 2.33. The average Bonchev–Trinajstić information content (AvgIpc) is 2.43. The summed E-state index contributed by atoms with van der Waals surface area (Å²) in [6, 6.07) is 5.45. The monoisotopic (exact) mass is 297 g/mol. The molecule has 1 heterocycles. The summed E-state index contributed by atoms with van der Waals surface area (Å²) in [6.07, 6.45) is 0.982. The highest BCUT2D eigenvalue weighted by molar-refractivity contribution is 5.39. The van der Waals surface area contributed by atoms with Gasteiger partial charge in [0.1, 0.15) is 0 Å². The van der Waals surface area contributed by atoms with Crippen molar-refractivity contribution in [1.82, 2.24) is 4.90 Å². The molecule has 4 heteroatoms. The maximum absolute atomic E-state index is 14.3. The topological polar surface area (TPSA) is 12.5 Å². The highest BCUT2D eigenvalue weighted by atomic mass is 19.3. The molecule has 0 aliphatic carbocycles. The molecule has 0 fully saturated rings. The van der Waals surface area contributed by atoms with Gasteiger partial charge in [-0.05, 0) is 23.0 Å². The molecule has 2 rings (SSSR count). The zero-order chi connectivity index (χ0) is 15.7. The van der Waals surface area contributed by atoms with Gasteiger partial charge in [0.2, 0.25) is 0 Å². The number of methoxy groups -OCH3 is 1. The lowest BCUT2D eigenvalue weighted by Gasteiger charge is -2.35. The third-order valence-corrected chi connectivity index (χ3v) is 4.59. The number of hydrogen-bond donors (Lipinski definition) is 0. The van der Waals surface area contributed by atoms with Gasteiger partial charge in [-0.1, -0.05) is 39.0 Å². The Hall–Kier alpha value is -1.00. The summed E-state index contributed by atoms with van der Waals surface area (Å²) < 4.78 is 33.6. The van der Waals surface area contributed by atoms with Crippen LogP contribution in [0.25, 0.3) is 0 Å². The van der Waals surface area contributed by atoms with Crippen LogP contribution < -0.4 is 0 Å². The molecule has 0 atom stereocenters. The number of ether oxygens (including phenoxy) is 1. The standard InChI is InChI=1S/C17H25F2NO/c1-5-16(2,3)14-6-7-15-13(10-14)11-20(8-9-21-4)12-17(15,18)19/h6-7,10H,5,8-9,11-12H2,1-4H3. The largest absolute Gasteiger partial charge is 0.383 e. The second-order valence-corrected chi connectivity index (χ2v) is 6.52. The molecular formula is C17H25F2NO. The van der Waals surface area contributed by atoms with E-state index in [-0.39, 0.29) is 17.5 Å². The van der Waals surface area contributed by atoms with Crippen LogP contribution >= 0.6 is 0 Å². The van der Waals surface area contributed by atoms with Gasteiger partial charge in [-0.3, -0.25) is 4.90 Å².